The third-order valence-electron chi connectivity index (χ3n) is 3.48. The van der Waals surface area contributed by atoms with Crippen LogP contribution < -0.4 is 0 Å². The summed E-state index contributed by atoms with van der Waals surface area (Å²) < 4.78 is 0. The third kappa shape index (κ3) is 3.83. The van der Waals surface area contributed by atoms with Crippen LogP contribution >= 0.6 is 11.3 Å². The van der Waals surface area contributed by atoms with Crippen molar-refractivity contribution in [1.82, 2.24) is 9.80 Å². The van der Waals surface area contributed by atoms with E-state index in [0.717, 1.165) is 30.9 Å². The van der Waals surface area contributed by atoms with Crippen LogP contribution in [0.3, 0.4) is 0 Å². The first-order valence-corrected chi connectivity index (χ1v) is 7.55. The van der Waals surface area contributed by atoms with Gasteiger partial charge >= 0.3 is 0 Å². The first-order valence-electron chi connectivity index (χ1n) is 6.73. The number of amides is 1. The van der Waals surface area contributed by atoms with Crippen molar-refractivity contribution < 1.29 is 9.90 Å². The number of carbonyl (C=O) groups is 1. The lowest BCUT2D eigenvalue weighted by molar-refractivity contribution is 0.0779. The Kier molecular flexibility index (Phi) is 5.18. The van der Waals surface area contributed by atoms with Gasteiger partial charge in [0.2, 0.25) is 0 Å². The van der Waals surface area contributed by atoms with Crippen molar-refractivity contribution in [3.05, 3.63) is 21.9 Å². The highest BCUT2D eigenvalue weighted by atomic mass is 32.1. The molecular weight excluding hydrogens is 272 g/mol. The van der Waals surface area contributed by atoms with Gasteiger partial charge in [-0.2, -0.15) is 0 Å². The maximum Gasteiger partial charge on any atom is 0.263 e. The summed E-state index contributed by atoms with van der Waals surface area (Å²) in [4.78, 5) is 18.0. The smallest absolute Gasteiger partial charge is 0.263 e. The van der Waals surface area contributed by atoms with Crippen molar-refractivity contribution in [3.63, 3.8) is 0 Å². The fourth-order valence-electron chi connectivity index (χ4n) is 2.48. The number of aliphatic hydroxyl groups is 1. The minimum absolute atomic E-state index is 0.0570. The molecule has 4 nitrogen and oxygen atoms in total. The van der Waals surface area contributed by atoms with Gasteiger partial charge in [0.05, 0.1) is 9.75 Å². The van der Waals surface area contributed by atoms with Gasteiger partial charge in [0.1, 0.15) is 6.61 Å². The van der Waals surface area contributed by atoms with Crippen molar-refractivity contribution in [2.24, 2.45) is 5.92 Å². The van der Waals surface area contributed by atoms with Gasteiger partial charge in [0.25, 0.3) is 5.91 Å². The van der Waals surface area contributed by atoms with Crippen LogP contribution in [-0.2, 0) is 0 Å². The van der Waals surface area contributed by atoms with E-state index in [0.29, 0.717) is 10.8 Å². The Hall–Kier alpha value is -1.35. The van der Waals surface area contributed by atoms with Gasteiger partial charge < -0.3 is 14.9 Å². The Balaban J connectivity index is 1.94. The maximum atomic E-state index is 12.3. The van der Waals surface area contributed by atoms with E-state index in [1.54, 1.807) is 4.90 Å². The molecule has 0 saturated carbocycles. The summed E-state index contributed by atoms with van der Waals surface area (Å²) in [5.41, 5.74) is 0. The van der Waals surface area contributed by atoms with Crippen LogP contribution in [0.4, 0.5) is 0 Å². The van der Waals surface area contributed by atoms with Gasteiger partial charge in [-0.1, -0.05) is 11.8 Å². The molecule has 1 aliphatic heterocycles. The molecule has 1 aromatic heterocycles. The van der Waals surface area contributed by atoms with Gasteiger partial charge in [-0.05, 0) is 38.1 Å². The second kappa shape index (κ2) is 6.89. The number of aliphatic hydroxyl groups excluding tert-OH is 1. The Morgan fingerprint density at radius 1 is 1.60 bits per heavy atom. The summed E-state index contributed by atoms with van der Waals surface area (Å²) in [5.74, 6) is 6.05. The summed E-state index contributed by atoms with van der Waals surface area (Å²) in [6.45, 7) is 2.83. The quantitative estimate of drug-likeness (QED) is 0.849. The average Bonchev–Trinajstić information content (AvgIpc) is 3.04. The van der Waals surface area contributed by atoms with Gasteiger partial charge in [0.15, 0.2) is 0 Å². The molecule has 2 rings (SSSR count). The molecule has 0 aliphatic carbocycles. The fraction of sp³-hybridized carbons (Fsp3) is 0.533. The van der Waals surface area contributed by atoms with Crippen LogP contribution in [0.5, 0.6) is 0 Å². The highest BCUT2D eigenvalue weighted by Crippen LogP contribution is 2.20. The van der Waals surface area contributed by atoms with Crippen molar-refractivity contribution in [3.8, 4) is 11.8 Å². The largest absolute Gasteiger partial charge is 0.384 e. The Bertz CT molecular complexity index is 529. The Morgan fingerprint density at radius 3 is 3.05 bits per heavy atom. The molecule has 1 saturated heterocycles. The molecule has 0 aromatic carbocycles. The summed E-state index contributed by atoms with van der Waals surface area (Å²) in [6, 6.07) is 3.64. The molecule has 1 aliphatic rings. The first kappa shape index (κ1) is 15.0. The molecule has 0 spiro atoms. The van der Waals surface area contributed by atoms with Gasteiger partial charge in [-0.25, -0.2) is 0 Å². The number of hydrogen-bond donors (Lipinski definition) is 1. The highest BCUT2D eigenvalue weighted by Gasteiger charge is 2.23. The number of nitrogens with zero attached hydrogens (tertiary/aromatic N) is 2. The number of hydrogen-bond acceptors (Lipinski definition) is 4. The summed E-state index contributed by atoms with van der Waals surface area (Å²) in [5, 5.41) is 8.66. The standard InChI is InChI=1S/C15H20N2O2S/c1-16-8-7-12(10-16)11-17(2)15(19)14-6-5-13(20-14)4-3-9-18/h5-6,12,18H,7-11H2,1-2H3. The first-order chi connectivity index (χ1) is 9.60. The molecule has 1 atom stereocenters. The molecule has 1 N–H and O–H groups in total. The molecule has 5 heteroatoms. The van der Waals surface area contributed by atoms with E-state index in [9.17, 15) is 4.79 Å². The van der Waals surface area contributed by atoms with Crippen LogP contribution in [0.2, 0.25) is 0 Å². The van der Waals surface area contributed by atoms with Crippen LogP contribution in [0.25, 0.3) is 0 Å². The normalized spacial score (nSPS) is 18.6. The molecule has 0 bridgehead atoms. The molecular formula is C15H20N2O2S. The van der Waals surface area contributed by atoms with Crippen LogP contribution in [0.15, 0.2) is 12.1 Å². The minimum atomic E-state index is -0.156. The minimum Gasteiger partial charge on any atom is -0.384 e. The SMILES string of the molecule is CN1CCC(CN(C)C(=O)c2ccc(C#CCO)s2)C1. The number of likely N-dealkylation sites (tertiary alicyclic amines) is 1. The number of rotatable bonds is 3. The van der Waals surface area contributed by atoms with Crippen LogP contribution in [0.1, 0.15) is 21.0 Å². The molecule has 2 heterocycles. The van der Waals surface area contributed by atoms with Gasteiger partial charge in [-0.3, -0.25) is 4.79 Å². The third-order valence-corrected chi connectivity index (χ3v) is 4.46. The van der Waals surface area contributed by atoms with E-state index in [-0.39, 0.29) is 12.5 Å². The lowest BCUT2D eigenvalue weighted by Gasteiger charge is -2.20. The molecule has 1 amide bonds. The molecule has 0 radical (unpaired) electrons. The average molecular weight is 292 g/mol. The van der Waals surface area contributed by atoms with E-state index >= 15 is 0 Å². The van der Waals surface area contributed by atoms with E-state index in [2.05, 4.69) is 23.8 Å². The van der Waals surface area contributed by atoms with Gasteiger partial charge in [-0.15, -0.1) is 11.3 Å². The van der Waals surface area contributed by atoms with Crippen LogP contribution in [0, 0.1) is 17.8 Å². The zero-order chi connectivity index (χ0) is 14.5. The molecule has 1 unspecified atom stereocenters. The summed E-state index contributed by atoms with van der Waals surface area (Å²) in [6.07, 6.45) is 1.16. The Labute approximate surface area is 124 Å². The highest BCUT2D eigenvalue weighted by molar-refractivity contribution is 7.14. The van der Waals surface area contributed by atoms with Crippen LogP contribution in [-0.4, -0.2) is 61.2 Å². The summed E-state index contributed by atoms with van der Waals surface area (Å²) in [7, 11) is 3.98. The molecule has 1 aromatic rings. The second-order valence-electron chi connectivity index (χ2n) is 5.23. The van der Waals surface area contributed by atoms with E-state index in [1.165, 1.54) is 11.3 Å². The molecule has 108 valence electrons. The lowest BCUT2D eigenvalue weighted by Crippen LogP contribution is -2.32. The topological polar surface area (TPSA) is 43.8 Å². The number of carbonyl (C=O) groups excluding carboxylic acids is 1. The van der Waals surface area contributed by atoms with Crippen molar-refractivity contribution in [2.75, 3.05) is 40.3 Å². The second-order valence-corrected chi connectivity index (χ2v) is 6.31. The maximum absolute atomic E-state index is 12.3. The monoisotopic (exact) mass is 292 g/mol. The van der Waals surface area contributed by atoms with Crippen molar-refractivity contribution >= 4 is 17.2 Å². The zero-order valence-electron chi connectivity index (χ0n) is 11.9. The molecule has 1 fully saturated rings. The predicted molar refractivity (Wildman–Crippen MR) is 80.8 cm³/mol. The van der Waals surface area contributed by atoms with E-state index < -0.39 is 0 Å². The predicted octanol–water partition coefficient (Wildman–Crippen LogP) is 1.12. The lowest BCUT2D eigenvalue weighted by atomic mass is 10.1. The Morgan fingerprint density at radius 2 is 2.40 bits per heavy atom. The number of thiophene rings is 1. The van der Waals surface area contributed by atoms with E-state index in [1.807, 2.05) is 19.2 Å². The van der Waals surface area contributed by atoms with Gasteiger partial charge in [0, 0.05) is 20.1 Å². The van der Waals surface area contributed by atoms with Crippen molar-refractivity contribution in [1.29, 1.82) is 0 Å². The zero-order valence-corrected chi connectivity index (χ0v) is 12.7. The molecule has 20 heavy (non-hydrogen) atoms. The van der Waals surface area contributed by atoms with E-state index in [4.69, 9.17) is 5.11 Å². The van der Waals surface area contributed by atoms with Crippen molar-refractivity contribution in [2.45, 2.75) is 6.42 Å². The summed E-state index contributed by atoms with van der Waals surface area (Å²) >= 11 is 1.38. The fourth-order valence-corrected chi connectivity index (χ4v) is 3.36.